The summed E-state index contributed by atoms with van der Waals surface area (Å²) < 4.78 is 10.2. The van der Waals surface area contributed by atoms with E-state index in [0.29, 0.717) is 31.9 Å². The van der Waals surface area contributed by atoms with Gasteiger partial charge in [0.1, 0.15) is 11.7 Å². The molecule has 6 heteroatoms. The van der Waals surface area contributed by atoms with Gasteiger partial charge < -0.3 is 20.1 Å². The molecule has 0 radical (unpaired) electrons. The first-order valence-corrected chi connectivity index (χ1v) is 6.14. The highest BCUT2D eigenvalue weighted by atomic mass is 16.5. The number of rotatable bonds is 8. The Kier molecular flexibility index (Phi) is 6.24. The number of hydrogen-bond donors (Lipinski definition) is 2. The monoisotopic (exact) mass is 266 g/mol. The van der Waals surface area contributed by atoms with Crippen LogP contribution in [0.25, 0.3) is 0 Å². The Morgan fingerprint density at radius 1 is 1.26 bits per heavy atom. The molecule has 0 aromatic carbocycles. The fourth-order valence-corrected chi connectivity index (χ4v) is 1.71. The van der Waals surface area contributed by atoms with Gasteiger partial charge in [-0.3, -0.25) is 5.41 Å². The summed E-state index contributed by atoms with van der Waals surface area (Å²) >= 11 is 0. The predicted molar refractivity (Wildman–Crippen MR) is 76.0 cm³/mol. The Morgan fingerprint density at radius 3 is 2.32 bits per heavy atom. The van der Waals surface area contributed by atoms with Gasteiger partial charge in [0.05, 0.1) is 13.2 Å². The average Bonchev–Trinajstić information content (AvgIpc) is 2.38. The van der Waals surface area contributed by atoms with Gasteiger partial charge in [-0.15, -0.1) is 0 Å². The number of methoxy groups -OCH3 is 2. The van der Waals surface area contributed by atoms with Crippen LogP contribution in [0.1, 0.15) is 11.3 Å². The van der Waals surface area contributed by atoms with Crippen LogP contribution in [0.2, 0.25) is 0 Å². The molecule has 106 valence electrons. The van der Waals surface area contributed by atoms with Crippen LogP contribution in [0.3, 0.4) is 0 Å². The lowest BCUT2D eigenvalue weighted by atomic mass is 10.2. The van der Waals surface area contributed by atoms with Crippen molar-refractivity contribution in [3.8, 4) is 0 Å². The molecule has 0 bridgehead atoms. The highest BCUT2D eigenvalue weighted by Gasteiger charge is 2.10. The Bertz CT molecular complexity index is 415. The van der Waals surface area contributed by atoms with E-state index in [0.717, 1.165) is 11.5 Å². The van der Waals surface area contributed by atoms with Crippen LogP contribution < -0.4 is 10.6 Å². The third-order valence-electron chi connectivity index (χ3n) is 2.71. The van der Waals surface area contributed by atoms with Crippen molar-refractivity contribution < 1.29 is 9.47 Å². The van der Waals surface area contributed by atoms with Crippen LogP contribution in [0, 0.1) is 12.3 Å². The Labute approximate surface area is 114 Å². The van der Waals surface area contributed by atoms with Crippen molar-refractivity contribution in [3.05, 3.63) is 23.4 Å². The molecule has 0 aliphatic carbocycles. The van der Waals surface area contributed by atoms with E-state index in [9.17, 15) is 0 Å². The molecular formula is C13H22N4O2. The maximum Gasteiger partial charge on any atom is 0.129 e. The minimum Gasteiger partial charge on any atom is -0.384 e. The second-order valence-corrected chi connectivity index (χ2v) is 4.24. The smallest absolute Gasteiger partial charge is 0.129 e. The van der Waals surface area contributed by atoms with E-state index in [2.05, 4.69) is 9.88 Å². The largest absolute Gasteiger partial charge is 0.384 e. The minimum atomic E-state index is 0.0465. The second-order valence-electron chi connectivity index (χ2n) is 4.24. The number of hydrogen-bond acceptors (Lipinski definition) is 5. The van der Waals surface area contributed by atoms with E-state index in [-0.39, 0.29) is 5.84 Å². The zero-order valence-electron chi connectivity index (χ0n) is 11.8. The molecule has 1 heterocycles. The molecule has 6 nitrogen and oxygen atoms in total. The fraction of sp³-hybridized carbons (Fsp3) is 0.538. The molecule has 1 rings (SSSR count). The minimum absolute atomic E-state index is 0.0465. The normalized spacial score (nSPS) is 10.5. The molecular weight excluding hydrogens is 244 g/mol. The lowest BCUT2D eigenvalue weighted by Crippen LogP contribution is -2.31. The summed E-state index contributed by atoms with van der Waals surface area (Å²) in [6.07, 6.45) is 0. The van der Waals surface area contributed by atoms with Gasteiger partial charge in [0, 0.05) is 38.6 Å². The molecule has 0 unspecified atom stereocenters. The topological polar surface area (TPSA) is 84.5 Å². The quantitative estimate of drug-likeness (QED) is 0.536. The van der Waals surface area contributed by atoms with Crippen molar-refractivity contribution in [2.45, 2.75) is 6.92 Å². The lowest BCUT2D eigenvalue weighted by molar-refractivity contribution is 0.190. The number of nitrogen functional groups attached to an aromatic ring is 1. The first-order valence-electron chi connectivity index (χ1n) is 6.14. The number of nitrogens with two attached hydrogens (primary N) is 1. The highest BCUT2D eigenvalue weighted by molar-refractivity contribution is 5.95. The first-order chi connectivity index (χ1) is 9.08. The van der Waals surface area contributed by atoms with Gasteiger partial charge in [0.2, 0.25) is 0 Å². The molecule has 0 aliphatic heterocycles. The van der Waals surface area contributed by atoms with Crippen molar-refractivity contribution in [2.75, 3.05) is 45.4 Å². The molecule has 0 amide bonds. The third-order valence-corrected chi connectivity index (χ3v) is 2.71. The van der Waals surface area contributed by atoms with Gasteiger partial charge >= 0.3 is 0 Å². The standard InChI is InChI=1S/C13H22N4O2/c1-10-8-11(13(14)15)9-12(16-10)17(4-6-18-2)5-7-19-3/h8-9H,4-7H2,1-3H3,(H3,14,15). The summed E-state index contributed by atoms with van der Waals surface area (Å²) in [7, 11) is 3.33. The maximum atomic E-state index is 7.53. The summed E-state index contributed by atoms with van der Waals surface area (Å²) in [4.78, 5) is 6.55. The van der Waals surface area contributed by atoms with Gasteiger partial charge in [-0.05, 0) is 19.1 Å². The van der Waals surface area contributed by atoms with Crippen molar-refractivity contribution >= 4 is 11.7 Å². The summed E-state index contributed by atoms with van der Waals surface area (Å²) in [5.41, 5.74) is 7.06. The number of nitrogens with one attached hydrogen (secondary N) is 1. The molecule has 19 heavy (non-hydrogen) atoms. The van der Waals surface area contributed by atoms with E-state index in [1.807, 2.05) is 13.0 Å². The molecule has 0 saturated heterocycles. The van der Waals surface area contributed by atoms with Gasteiger partial charge in [0.15, 0.2) is 0 Å². The maximum absolute atomic E-state index is 7.53. The number of aromatic nitrogens is 1. The lowest BCUT2D eigenvalue weighted by Gasteiger charge is -2.24. The Balaban J connectivity index is 2.95. The molecule has 1 aromatic heterocycles. The van der Waals surface area contributed by atoms with E-state index in [1.165, 1.54) is 0 Å². The average molecular weight is 266 g/mol. The number of anilines is 1. The number of amidine groups is 1. The van der Waals surface area contributed by atoms with Crippen LogP contribution in [0.4, 0.5) is 5.82 Å². The van der Waals surface area contributed by atoms with Crippen molar-refractivity contribution in [3.63, 3.8) is 0 Å². The Hall–Kier alpha value is -1.66. The number of pyridine rings is 1. The van der Waals surface area contributed by atoms with E-state index >= 15 is 0 Å². The molecule has 0 fully saturated rings. The van der Waals surface area contributed by atoms with E-state index in [4.69, 9.17) is 20.6 Å². The van der Waals surface area contributed by atoms with Crippen molar-refractivity contribution in [1.29, 1.82) is 5.41 Å². The summed E-state index contributed by atoms with van der Waals surface area (Å²) in [5, 5.41) is 7.53. The van der Waals surface area contributed by atoms with Crippen LogP contribution in [-0.4, -0.2) is 51.3 Å². The van der Waals surface area contributed by atoms with Crippen molar-refractivity contribution in [1.82, 2.24) is 4.98 Å². The zero-order chi connectivity index (χ0) is 14.3. The number of aryl methyl sites for hydroxylation is 1. The molecule has 1 aromatic rings. The fourth-order valence-electron chi connectivity index (χ4n) is 1.71. The molecule has 0 aliphatic rings. The van der Waals surface area contributed by atoms with Crippen LogP contribution in [0.15, 0.2) is 12.1 Å². The summed E-state index contributed by atoms with van der Waals surface area (Å²) in [6.45, 7) is 4.53. The SMILES string of the molecule is COCCN(CCOC)c1cc(C(=N)N)cc(C)n1. The van der Waals surface area contributed by atoms with Gasteiger partial charge in [-0.25, -0.2) is 4.98 Å². The van der Waals surface area contributed by atoms with Gasteiger partial charge in [-0.1, -0.05) is 0 Å². The van der Waals surface area contributed by atoms with Crippen LogP contribution in [0.5, 0.6) is 0 Å². The number of nitrogens with zero attached hydrogens (tertiary/aromatic N) is 2. The van der Waals surface area contributed by atoms with Gasteiger partial charge in [-0.2, -0.15) is 0 Å². The molecule has 0 saturated carbocycles. The molecule has 0 spiro atoms. The third kappa shape index (κ3) is 4.84. The summed E-state index contributed by atoms with van der Waals surface area (Å²) in [5.74, 6) is 0.837. The first kappa shape index (κ1) is 15.4. The van der Waals surface area contributed by atoms with Crippen molar-refractivity contribution in [2.24, 2.45) is 5.73 Å². The van der Waals surface area contributed by atoms with Crippen LogP contribution in [-0.2, 0) is 9.47 Å². The zero-order valence-corrected chi connectivity index (χ0v) is 11.8. The van der Waals surface area contributed by atoms with E-state index in [1.54, 1.807) is 20.3 Å². The Morgan fingerprint density at radius 2 is 1.84 bits per heavy atom. The molecule has 3 N–H and O–H groups in total. The second kappa shape index (κ2) is 7.70. The highest BCUT2D eigenvalue weighted by Crippen LogP contribution is 2.14. The summed E-state index contributed by atoms with van der Waals surface area (Å²) in [6, 6.07) is 3.62. The van der Waals surface area contributed by atoms with E-state index < -0.39 is 0 Å². The number of ether oxygens (including phenoxy) is 2. The predicted octanol–water partition coefficient (Wildman–Crippen LogP) is 0.773. The van der Waals surface area contributed by atoms with Crippen LogP contribution >= 0.6 is 0 Å². The van der Waals surface area contributed by atoms with Gasteiger partial charge in [0.25, 0.3) is 0 Å². The molecule has 0 atom stereocenters.